The summed E-state index contributed by atoms with van der Waals surface area (Å²) < 4.78 is 7.55. The van der Waals surface area contributed by atoms with Gasteiger partial charge in [0.15, 0.2) is 0 Å². The molecule has 3 rings (SSSR count). The summed E-state index contributed by atoms with van der Waals surface area (Å²) in [6.45, 7) is 3.28. The molecule has 1 heterocycles. The van der Waals surface area contributed by atoms with E-state index in [1.807, 2.05) is 49.5 Å². The lowest BCUT2D eigenvalue weighted by Crippen LogP contribution is -2.22. The van der Waals surface area contributed by atoms with Crippen molar-refractivity contribution in [2.45, 2.75) is 26.4 Å². The van der Waals surface area contributed by atoms with Crippen LogP contribution in [-0.2, 0) is 13.1 Å². The number of nitrogens with zero attached hydrogens (tertiary/aromatic N) is 1. The number of halogens is 1. The lowest BCUT2D eigenvalue weighted by molar-refractivity contribution is 0.0952. The summed E-state index contributed by atoms with van der Waals surface area (Å²) in [5, 5.41) is 3.91. The molecular weight excluding hydrogens is 348 g/mol. The average molecular weight is 371 g/mol. The van der Waals surface area contributed by atoms with Crippen molar-refractivity contribution >= 4 is 28.4 Å². The minimum absolute atomic E-state index is 0.0885. The molecule has 0 fully saturated rings. The molecule has 26 heavy (non-hydrogen) atoms. The van der Waals surface area contributed by atoms with Gasteiger partial charge >= 0.3 is 0 Å². The number of fused-ring (bicyclic) bond motifs is 1. The molecule has 0 spiro atoms. The van der Waals surface area contributed by atoms with Gasteiger partial charge in [0, 0.05) is 30.6 Å². The molecule has 0 atom stereocenters. The molecule has 0 aliphatic rings. The minimum atomic E-state index is -0.0885. The monoisotopic (exact) mass is 370 g/mol. The SMILES string of the molecule is COc1cccc2c(C(=O)NCc3cccc(C)c3)cn(CCCCl)c12. The van der Waals surface area contributed by atoms with Gasteiger partial charge in [-0.1, -0.05) is 42.0 Å². The van der Waals surface area contributed by atoms with Gasteiger partial charge in [-0.3, -0.25) is 4.79 Å². The summed E-state index contributed by atoms with van der Waals surface area (Å²) in [5.74, 6) is 1.24. The quantitative estimate of drug-likeness (QED) is 0.621. The van der Waals surface area contributed by atoms with Gasteiger partial charge in [-0.25, -0.2) is 0 Å². The van der Waals surface area contributed by atoms with Crippen LogP contribution in [0.4, 0.5) is 0 Å². The number of benzene rings is 2. The summed E-state index contributed by atoms with van der Waals surface area (Å²) in [7, 11) is 1.64. The number of ether oxygens (including phenoxy) is 1. The second kappa shape index (κ2) is 8.28. The molecule has 0 aliphatic carbocycles. The minimum Gasteiger partial charge on any atom is -0.495 e. The first-order chi connectivity index (χ1) is 12.6. The number of rotatable bonds is 7. The fourth-order valence-corrected chi connectivity index (χ4v) is 3.30. The van der Waals surface area contributed by atoms with Gasteiger partial charge in [0.05, 0.1) is 18.2 Å². The Hall–Kier alpha value is -2.46. The van der Waals surface area contributed by atoms with Crippen molar-refractivity contribution in [3.05, 3.63) is 65.4 Å². The number of hydrogen-bond acceptors (Lipinski definition) is 2. The zero-order chi connectivity index (χ0) is 18.5. The van der Waals surface area contributed by atoms with Crippen molar-refractivity contribution in [3.63, 3.8) is 0 Å². The van der Waals surface area contributed by atoms with E-state index in [0.717, 1.165) is 35.2 Å². The maximum absolute atomic E-state index is 12.8. The Labute approximate surface area is 158 Å². The molecule has 1 N–H and O–H groups in total. The number of alkyl halides is 1. The van der Waals surface area contributed by atoms with Crippen LogP contribution in [0.3, 0.4) is 0 Å². The van der Waals surface area contributed by atoms with E-state index in [2.05, 4.69) is 16.0 Å². The molecule has 0 saturated carbocycles. The third kappa shape index (κ3) is 3.86. The molecule has 0 saturated heterocycles. The summed E-state index contributed by atoms with van der Waals surface area (Å²) in [4.78, 5) is 12.8. The molecule has 0 radical (unpaired) electrons. The van der Waals surface area contributed by atoms with Crippen molar-refractivity contribution in [1.29, 1.82) is 0 Å². The number of para-hydroxylation sites is 1. The normalized spacial score (nSPS) is 10.9. The van der Waals surface area contributed by atoms with Gasteiger partial charge in [-0.05, 0) is 25.0 Å². The maximum Gasteiger partial charge on any atom is 0.253 e. The number of carbonyl (C=O) groups excluding carboxylic acids is 1. The topological polar surface area (TPSA) is 43.3 Å². The molecule has 1 aromatic heterocycles. The molecule has 0 aliphatic heterocycles. The van der Waals surface area contributed by atoms with Crippen LogP contribution in [0.1, 0.15) is 27.9 Å². The van der Waals surface area contributed by atoms with Crippen molar-refractivity contribution in [3.8, 4) is 5.75 Å². The van der Waals surface area contributed by atoms with Crippen LogP contribution in [0, 0.1) is 6.92 Å². The Kier molecular flexibility index (Phi) is 5.84. The number of carbonyl (C=O) groups is 1. The van der Waals surface area contributed by atoms with E-state index in [1.165, 1.54) is 5.56 Å². The molecule has 5 heteroatoms. The Morgan fingerprint density at radius 3 is 2.77 bits per heavy atom. The number of methoxy groups -OCH3 is 1. The fourth-order valence-electron chi connectivity index (χ4n) is 3.18. The molecule has 4 nitrogen and oxygen atoms in total. The van der Waals surface area contributed by atoms with Gasteiger partial charge in [-0.15, -0.1) is 11.6 Å². The third-order valence-corrected chi connectivity index (χ3v) is 4.66. The van der Waals surface area contributed by atoms with Crippen molar-refractivity contribution in [1.82, 2.24) is 9.88 Å². The highest BCUT2D eigenvalue weighted by Crippen LogP contribution is 2.30. The predicted molar refractivity (Wildman–Crippen MR) is 106 cm³/mol. The predicted octanol–water partition coefficient (Wildman–Crippen LogP) is 4.52. The number of aryl methyl sites for hydroxylation is 2. The number of amides is 1. The standard InChI is InChI=1S/C21H23ClN2O2/c1-15-6-3-7-16(12-15)13-23-21(25)18-14-24(11-5-10-22)20-17(18)8-4-9-19(20)26-2/h3-4,6-9,12,14H,5,10-11,13H2,1-2H3,(H,23,25). The van der Waals surface area contributed by atoms with Crippen LogP contribution in [0.5, 0.6) is 5.75 Å². The largest absolute Gasteiger partial charge is 0.495 e. The first-order valence-corrected chi connectivity index (χ1v) is 9.23. The van der Waals surface area contributed by atoms with E-state index < -0.39 is 0 Å². The lowest BCUT2D eigenvalue weighted by atomic mass is 10.1. The summed E-state index contributed by atoms with van der Waals surface area (Å²) in [6.07, 6.45) is 2.72. The molecule has 0 bridgehead atoms. The van der Waals surface area contributed by atoms with Crippen molar-refractivity contribution in [2.75, 3.05) is 13.0 Å². The Morgan fingerprint density at radius 1 is 1.23 bits per heavy atom. The van der Waals surface area contributed by atoms with Crippen molar-refractivity contribution < 1.29 is 9.53 Å². The van der Waals surface area contributed by atoms with E-state index in [9.17, 15) is 4.79 Å². The highest BCUT2D eigenvalue weighted by Gasteiger charge is 2.17. The van der Waals surface area contributed by atoms with Crippen LogP contribution < -0.4 is 10.1 Å². The number of hydrogen-bond donors (Lipinski definition) is 1. The van der Waals surface area contributed by atoms with Gasteiger partial charge in [0.25, 0.3) is 5.91 Å². The van der Waals surface area contributed by atoms with Crippen LogP contribution in [0.2, 0.25) is 0 Å². The molecule has 1 amide bonds. The second-order valence-electron chi connectivity index (χ2n) is 6.31. The second-order valence-corrected chi connectivity index (χ2v) is 6.68. The van der Waals surface area contributed by atoms with E-state index in [-0.39, 0.29) is 5.91 Å². The van der Waals surface area contributed by atoms with E-state index in [1.54, 1.807) is 7.11 Å². The van der Waals surface area contributed by atoms with Crippen LogP contribution >= 0.6 is 11.6 Å². The molecule has 2 aromatic carbocycles. The first kappa shape index (κ1) is 18.3. The molecule has 0 unspecified atom stereocenters. The van der Waals surface area contributed by atoms with Gasteiger partial charge in [0.2, 0.25) is 0 Å². The fraction of sp³-hybridized carbons (Fsp3) is 0.286. The molecular formula is C21H23ClN2O2. The Morgan fingerprint density at radius 2 is 2.04 bits per heavy atom. The van der Waals surface area contributed by atoms with Gasteiger partial charge in [0.1, 0.15) is 5.75 Å². The van der Waals surface area contributed by atoms with Crippen molar-refractivity contribution in [2.24, 2.45) is 0 Å². The molecule has 3 aromatic rings. The highest BCUT2D eigenvalue weighted by atomic mass is 35.5. The average Bonchev–Trinajstić information content (AvgIpc) is 3.03. The van der Waals surface area contributed by atoms with E-state index >= 15 is 0 Å². The number of aromatic nitrogens is 1. The summed E-state index contributed by atoms with van der Waals surface area (Å²) in [5.41, 5.74) is 3.85. The number of nitrogens with one attached hydrogen (secondary N) is 1. The molecule has 136 valence electrons. The Balaban J connectivity index is 1.89. The third-order valence-electron chi connectivity index (χ3n) is 4.39. The summed E-state index contributed by atoms with van der Waals surface area (Å²) in [6, 6.07) is 13.9. The van der Waals surface area contributed by atoms with Crippen LogP contribution in [0.15, 0.2) is 48.7 Å². The van der Waals surface area contributed by atoms with Crippen LogP contribution in [-0.4, -0.2) is 23.5 Å². The van der Waals surface area contributed by atoms with E-state index in [4.69, 9.17) is 16.3 Å². The zero-order valence-corrected chi connectivity index (χ0v) is 15.8. The maximum atomic E-state index is 12.8. The van der Waals surface area contributed by atoms with Gasteiger partial charge in [-0.2, -0.15) is 0 Å². The van der Waals surface area contributed by atoms with E-state index in [0.29, 0.717) is 18.0 Å². The van der Waals surface area contributed by atoms with Crippen LogP contribution in [0.25, 0.3) is 10.9 Å². The first-order valence-electron chi connectivity index (χ1n) is 8.69. The lowest BCUT2D eigenvalue weighted by Gasteiger charge is -2.07. The highest BCUT2D eigenvalue weighted by molar-refractivity contribution is 6.17. The summed E-state index contributed by atoms with van der Waals surface area (Å²) >= 11 is 5.85. The zero-order valence-electron chi connectivity index (χ0n) is 15.1. The van der Waals surface area contributed by atoms with Gasteiger partial charge < -0.3 is 14.6 Å². The smallest absolute Gasteiger partial charge is 0.253 e. The Bertz CT molecular complexity index is 918.